The zero-order valence-electron chi connectivity index (χ0n) is 13.0. The van der Waals surface area contributed by atoms with Gasteiger partial charge in [0.1, 0.15) is 5.69 Å². The van der Waals surface area contributed by atoms with Gasteiger partial charge in [0.15, 0.2) is 0 Å². The summed E-state index contributed by atoms with van der Waals surface area (Å²) in [5.41, 5.74) is 2.15. The third-order valence-electron chi connectivity index (χ3n) is 3.93. The van der Waals surface area contributed by atoms with Crippen LogP contribution in [-0.4, -0.2) is 57.8 Å². The minimum Gasteiger partial charge on any atom is -0.335 e. The fraction of sp³-hybridized carbons (Fsp3) is 0.294. The average molecular weight is 310 g/mol. The zero-order chi connectivity index (χ0) is 16.2. The molecule has 0 bridgehead atoms. The van der Waals surface area contributed by atoms with E-state index in [0.29, 0.717) is 37.4 Å². The number of carbonyl (C=O) groups excluding carboxylic acids is 2. The topological polar surface area (TPSA) is 66.4 Å². The maximum absolute atomic E-state index is 12.5. The van der Waals surface area contributed by atoms with Crippen molar-refractivity contribution in [2.45, 2.75) is 6.92 Å². The van der Waals surface area contributed by atoms with Gasteiger partial charge < -0.3 is 9.80 Å². The average Bonchev–Trinajstić information content (AvgIpc) is 2.62. The van der Waals surface area contributed by atoms with E-state index in [2.05, 4.69) is 9.97 Å². The number of aryl methyl sites for hydroxylation is 1. The number of piperazine rings is 1. The number of rotatable bonds is 2. The van der Waals surface area contributed by atoms with Gasteiger partial charge in [0.25, 0.3) is 11.8 Å². The summed E-state index contributed by atoms with van der Waals surface area (Å²) in [4.78, 5) is 36.2. The van der Waals surface area contributed by atoms with E-state index in [9.17, 15) is 9.59 Å². The Kier molecular flexibility index (Phi) is 4.32. The van der Waals surface area contributed by atoms with Crippen LogP contribution >= 0.6 is 0 Å². The molecule has 0 saturated carbocycles. The second-order valence-corrected chi connectivity index (χ2v) is 5.54. The van der Waals surface area contributed by atoms with Crippen molar-refractivity contribution < 1.29 is 9.59 Å². The van der Waals surface area contributed by atoms with Gasteiger partial charge >= 0.3 is 0 Å². The molecule has 1 aromatic heterocycles. The second-order valence-electron chi connectivity index (χ2n) is 5.54. The first-order valence-electron chi connectivity index (χ1n) is 7.56. The summed E-state index contributed by atoms with van der Waals surface area (Å²) in [5.74, 6) is -0.128. The molecule has 23 heavy (non-hydrogen) atoms. The van der Waals surface area contributed by atoms with Crippen molar-refractivity contribution >= 4 is 11.8 Å². The van der Waals surface area contributed by atoms with Gasteiger partial charge in [-0.25, -0.2) is 4.98 Å². The van der Waals surface area contributed by atoms with Crippen LogP contribution in [0.2, 0.25) is 0 Å². The molecule has 2 amide bonds. The smallest absolute Gasteiger partial charge is 0.274 e. The molecular weight excluding hydrogens is 292 g/mol. The molecule has 1 fully saturated rings. The third kappa shape index (κ3) is 3.36. The fourth-order valence-corrected chi connectivity index (χ4v) is 2.56. The van der Waals surface area contributed by atoms with Crippen LogP contribution in [-0.2, 0) is 0 Å². The minimum atomic E-state index is -0.138. The van der Waals surface area contributed by atoms with Gasteiger partial charge in [0.05, 0.1) is 6.20 Å². The highest BCUT2D eigenvalue weighted by Crippen LogP contribution is 2.11. The second kappa shape index (κ2) is 6.56. The summed E-state index contributed by atoms with van der Waals surface area (Å²) in [6.07, 6.45) is 4.51. The first-order chi connectivity index (χ1) is 11.1. The summed E-state index contributed by atoms with van der Waals surface area (Å²) in [6, 6.07) is 7.55. The van der Waals surface area contributed by atoms with Crippen molar-refractivity contribution in [3.63, 3.8) is 0 Å². The van der Waals surface area contributed by atoms with Gasteiger partial charge in [-0.1, -0.05) is 17.7 Å². The highest BCUT2D eigenvalue weighted by atomic mass is 16.2. The predicted molar refractivity (Wildman–Crippen MR) is 85.0 cm³/mol. The minimum absolute atomic E-state index is 0.0107. The lowest BCUT2D eigenvalue weighted by molar-refractivity contribution is 0.0532. The third-order valence-corrected chi connectivity index (χ3v) is 3.93. The van der Waals surface area contributed by atoms with Crippen LogP contribution in [0.1, 0.15) is 26.4 Å². The predicted octanol–water partition coefficient (Wildman–Crippen LogP) is 1.38. The molecule has 0 unspecified atom stereocenters. The van der Waals surface area contributed by atoms with Crippen molar-refractivity contribution in [3.8, 4) is 0 Å². The van der Waals surface area contributed by atoms with Crippen molar-refractivity contribution in [1.29, 1.82) is 0 Å². The summed E-state index contributed by atoms with van der Waals surface area (Å²) in [7, 11) is 0. The van der Waals surface area contributed by atoms with Crippen LogP contribution < -0.4 is 0 Å². The summed E-state index contributed by atoms with van der Waals surface area (Å²) < 4.78 is 0. The number of amides is 2. The van der Waals surface area contributed by atoms with Crippen molar-refractivity contribution in [1.82, 2.24) is 19.8 Å². The number of benzene rings is 1. The molecule has 2 heterocycles. The standard InChI is InChI=1S/C17H18N4O2/c1-13-2-4-14(5-3-13)16(22)20-8-10-21(11-9-20)17(23)15-12-18-6-7-19-15/h2-7,12H,8-11H2,1H3. The maximum Gasteiger partial charge on any atom is 0.274 e. The zero-order valence-corrected chi connectivity index (χ0v) is 13.0. The lowest BCUT2D eigenvalue weighted by atomic mass is 10.1. The molecular formula is C17H18N4O2. The van der Waals surface area contributed by atoms with E-state index in [4.69, 9.17) is 0 Å². The molecule has 0 spiro atoms. The van der Waals surface area contributed by atoms with Crippen molar-refractivity contribution in [2.75, 3.05) is 26.2 Å². The number of carbonyl (C=O) groups is 2. The molecule has 6 nitrogen and oxygen atoms in total. The first kappa shape index (κ1) is 15.1. The van der Waals surface area contributed by atoms with E-state index in [0.717, 1.165) is 5.56 Å². The van der Waals surface area contributed by atoms with Gasteiger partial charge in [0, 0.05) is 44.1 Å². The van der Waals surface area contributed by atoms with Gasteiger partial charge in [-0.3, -0.25) is 14.6 Å². The summed E-state index contributed by atoms with van der Waals surface area (Å²) >= 11 is 0. The molecule has 0 radical (unpaired) electrons. The number of hydrogen-bond acceptors (Lipinski definition) is 4. The fourth-order valence-electron chi connectivity index (χ4n) is 2.56. The van der Waals surface area contributed by atoms with Crippen LogP contribution in [0.15, 0.2) is 42.9 Å². The Morgan fingerprint density at radius 3 is 2.09 bits per heavy atom. The molecule has 0 atom stereocenters. The molecule has 1 aliphatic rings. The monoisotopic (exact) mass is 310 g/mol. The van der Waals surface area contributed by atoms with E-state index < -0.39 is 0 Å². The number of aromatic nitrogens is 2. The quantitative estimate of drug-likeness (QED) is 0.840. The molecule has 3 rings (SSSR count). The highest BCUT2D eigenvalue weighted by Gasteiger charge is 2.26. The Bertz CT molecular complexity index is 692. The van der Waals surface area contributed by atoms with E-state index >= 15 is 0 Å². The summed E-state index contributed by atoms with van der Waals surface area (Å²) in [6.45, 7) is 4.06. The van der Waals surface area contributed by atoms with Crippen LogP contribution in [0.25, 0.3) is 0 Å². The van der Waals surface area contributed by atoms with Crippen LogP contribution in [0.4, 0.5) is 0 Å². The van der Waals surface area contributed by atoms with Gasteiger partial charge in [0.2, 0.25) is 0 Å². The van der Waals surface area contributed by atoms with Gasteiger partial charge in [-0.15, -0.1) is 0 Å². The van der Waals surface area contributed by atoms with Crippen molar-refractivity contribution in [2.24, 2.45) is 0 Å². The lowest BCUT2D eigenvalue weighted by Gasteiger charge is -2.34. The van der Waals surface area contributed by atoms with Gasteiger partial charge in [-0.2, -0.15) is 0 Å². The van der Waals surface area contributed by atoms with Crippen molar-refractivity contribution in [3.05, 3.63) is 59.7 Å². The molecule has 1 saturated heterocycles. The van der Waals surface area contributed by atoms with Crippen LogP contribution in [0.3, 0.4) is 0 Å². The number of nitrogens with zero attached hydrogens (tertiary/aromatic N) is 4. The van der Waals surface area contributed by atoms with Crippen LogP contribution in [0, 0.1) is 6.92 Å². The lowest BCUT2D eigenvalue weighted by Crippen LogP contribution is -2.50. The molecule has 118 valence electrons. The molecule has 6 heteroatoms. The largest absolute Gasteiger partial charge is 0.335 e. The SMILES string of the molecule is Cc1ccc(C(=O)N2CCN(C(=O)c3cnccn3)CC2)cc1. The van der Waals surface area contributed by atoms with E-state index in [1.54, 1.807) is 9.80 Å². The first-order valence-corrected chi connectivity index (χ1v) is 7.56. The Labute approximate surface area is 134 Å². The highest BCUT2D eigenvalue weighted by molar-refractivity contribution is 5.95. The molecule has 0 aliphatic carbocycles. The molecule has 0 N–H and O–H groups in total. The number of hydrogen-bond donors (Lipinski definition) is 0. The van der Waals surface area contributed by atoms with Gasteiger partial charge in [-0.05, 0) is 19.1 Å². The summed E-state index contributed by atoms with van der Waals surface area (Å²) in [5, 5.41) is 0. The Morgan fingerprint density at radius 1 is 0.913 bits per heavy atom. The molecule has 1 aliphatic heterocycles. The Hall–Kier alpha value is -2.76. The van der Waals surface area contributed by atoms with E-state index in [-0.39, 0.29) is 11.8 Å². The van der Waals surface area contributed by atoms with E-state index in [1.807, 2.05) is 31.2 Å². The maximum atomic E-state index is 12.5. The molecule has 1 aromatic carbocycles. The molecule has 2 aromatic rings. The Balaban J connectivity index is 1.61. The van der Waals surface area contributed by atoms with E-state index in [1.165, 1.54) is 18.6 Å². The normalized spacial score (nSPS) is 14.7. The van der Waals surface area contributed by atoms with Crippen LogP contribution in [0.5, 0.6) is 0 Å². The Morgan fingerprint density at radius 2 is 1.52 bits per heavy atom.